The molecule has 1 rings (SSSR count). The largest absolute Gasteiger partial charge is 0.328 e. The van der Waals surface area contributed by atoms with Crippen LogP contribution in [0.15, 0.2) is 0 Å². The lowest BCUT2D eigenvalue weighted by Gasteiger charge is -2.56. The van der Waals surface area contributed by atoms with Crippen LogP contribution in [0, 0.1) is 17.3 Å². The van der Waals surface area contributed by atoms with E-state index in [4.69, 9.17) is 5.73 Å². The van der Waals surface area contributed by atoms with Crippen LogP contribution in [-0.2, 0) is 0 Å². The van der Waals surface area contributed by atoms with Crippen LogP contribution in [0.25, 0.3) is 0 Å². The van der Waals surface area contributed by atoms with Gasteiger partial charge < -0.3 is 5.73 Å². The summed E-state index contributed by atoms with van der Waals surface area (Å²) in [6, 6.07) is 0.383. The van der Waals surface area contributed by atoms with Gasteiger partial charge in [0.15, 0.2) is 0 Å². The molecule has 0 spiro atoms. The molecule has 1 heteroatoms. The molecule has 1 saturated carbocycles. The molecule has 0 aromatic carbocycles. The van der Waals surface area contributed by atoms with Crippen molar-refractivity contribution in [1.29, 1.82) is 0 Å². The molecule has 0 aromatic heterocycles. The summed E-state index contributed by atoms with van der Waals surface area (Å²) in [5.41, 5.74) is 6.61. The molecule has 72 valence electrons. The van der Waals surface area contributed by atoms with Gasteiger partial charge in [0.25, 0.3) is 0 Å². The van der Waals surface area contributed by atoms with Crippen LogP contribution in [0.3, 0.4) is 0 Å². The predicted octanol–water partition coefficient (Wildman–Crippen LogP) is 2.80. The molecule has 0 bridgehead atoms. The molecule has 1 nitrogen and oxygen atoms in total. The fraction of sp³-hybridized carbons (Fsp3) is 1.00. The van der Waals surface area contributed by atoms with Crippen LogP contribution in [0.2, 0.25) is 0 Å². The van der Waals surface area contributed by atoms with E-state index in [1.165, 1.54) is 19.3 Å². The molecule has 2 N–H and O–H groups in total. The van der Waals surface area contributed by atoms with Crippen molar-refractivity contribution in [1.82, 2.24) is 0 Å². The van der Waals surface area contributed by atoms with Crippen molar-refractivity contribution >= 4 is 0 Å². The molecule has 3 unspecified atom stereocenters. The highest BCUT2D eigenvalue weighted by atomic mass is 14.7. The van der Waals surface area contributed by atoms with Gasteiger partial charge in [-0.2, -0.15) is 0 Å². The SMILES string of the molecule is CCC1(CC)CC(C)C1C(C)N. The molecule has 12 heavy (non-hydrogen) atoms. The van der Waals surface area contributed by atoms with E-state index in [0.717, 1.165) is 11.8 Å². The molecule has 1 aliphatic rings. The first kappa shape index (κ1) is 10.0. The summed E-state index contributed by atoms with van der Waals surface area (Å²) in [6.07, 6.45) is 4.01. The molecule has 1 fully saturated rings. The van der Waals surface area contributed by atoms with Gasteiger partial charge in [0, 0.05) is 6.04 Å². The lowest BCUT2D eigenvalue weighted by molar-refractivity contribution is -0.0535. The second kappa shape index (κ2) is 3.37. The fourth-order valence-electron chi connectivity index (χ4n) is 3.43. The average Bonchev–Trinajstić information content (AvgIpc) is 1.98. The Labute approximate surface area is 76.7 Å². The Morgan fingerprint density at radius 1 is 1.42 bits per heavy atom. The Balaban J connectivity index is 2.68. The van der Waals surface area contributed by atoms with Crippen LogP contribution in [0.5, 0.6) is 0 Å². The fourth-order valence-corrected chi connectivity index (χ4v) is 3.43. The minimum absolute atomic E-state index is 0.383. The van der Waals surface area contributed by atoms with Gasteiger partial charge in [-0.3, -0.25) is 0 Å². The van der Waals surface area contributed by atoms with Crippen LogP contribution in [0.1, 0.15) is 47.0 Å². The smallest absolute Gasteiger partial charge is 0.00466 e. The van der Waals surface area contributed by atoms with E-state index in [9.17, 15) is 0 Å². The number of hydrogen-bond acceptors (Lipinski definition) is 1. The van der Waals surface area contributed by atoms with Gasteiger partial charge in [-0.15, -0.1) is 0 Å². The Hall–Kier alpha value is -0.0400. The molecule has 0 heterocycles. The summed E-state index contributed by atoms with van der Waals surface area (Å²) in [7, 11) is 0. The molecule has 0 saturated heterocycles. The normalized spacial score (nSPS) is 35.8. The van der Waals surface area contributed by atoms with Crippen molar-refractivity contribution in [3.05, 3.63) is 0 Å². The van der Waals surface area contributed by atoms with Gasteiger partial charge in [-0.05, 0) is 30.6 Å². The maximum absolute atomic E-state index is 6.01. The Kier molecular flexibility index (Phi) is 2.82. The summed E-state index contributed by atoms with van der Waals surface area (Å²) in [5, 5.41) is 0. The second-order valence-electron chi connectivity index (χ2n) is 4.64. The highest BCUT2D eigenvalue weighted by molar-refractivity contribution is 5.01. The van der Waals surface area contributed by atoms with Gasteiger partial charge in [-0.1, -0.05) is 33.6 Å². The average molecular weight is 169 g/mol. The summed E-state index contributed by atoms with van der Waals surface area (Å²) in [5.74, 6) is 1.62. The third-order valence-corrected chi connectivity index (χ3v) is 4.02. The monoisotopic (exact) mass is 169 g/mol. The maximum atomic E-state index is 6.01. The van der Waals surface area contributed by atoms with Gasteiger partial charge in [-0.25, -0.2) is 0 Å². The molecule has 0 aromatic rings. The van der Waals surface area contributed by atoms with Crippen molar-refractivity contribution in [2.24, 2.45) is 23.0 Å². The van der Waals surface area contributed by atoms with Crippen LogP contribution >= 0.6 is 0 Å². The molecule has 0 aliphatic heterocycles. The minimum atomic E-state index is 0.383. The Morgan fingerprint density at radius 2 is 1.92 bits per heavy atom. The van der Waals surface area contributed by atoms with Crippen molar-refractivity contribution in [2.75, 3.05) is 0 Å². The molecular formula is C11H23N. The van der Waals surface area contributed by atoms with E-state index in [1.807, 2.05) is 0 Å². The standard InChI is InChI=1S/C11H23N/c1-5-11(6-2)7-8(3)10(11)9(4)12/h8-10H,5-7,12H2,1-4H3. The highest BCUT2D eigenvalue weighted by Gasteiger charge is 2.50. The summed E-state index contributed by atoms with van der Waals surface area (Å²) in [6.45, 7) is 9.13. The van der Waals surface area contributed by atoms with E-state index in [0.29, 0.717) is 11.5 Å². The Morgan fingerprint density at radius 3 is 2.08 bits per heavy atom. The second-order valence-corrected chi connectivity index (χ2v) is 4.64. The zero-order valence-electron chi connectivity index (χ0n) is 8.93. The van der Waals surface area contributed by atoms with Crippen LogP contribution in [-0.4, -0.2) is 6.04 Å². The molecule has 0 amide bonds. The summed E-state index contributed by atoms with van der Waals surface area (Å²) in [4.78, 5) is 0. The molecule has 1 aliphatic carbocycles. The zero-order chi connectivity index (χ0) is 9.35. The first-order valence-electron chi connectivity index (χ1n) is 5.33. The van der Waals surface area contributed by atoms with E-state index in [1.54, 1.807) is 0 Å². The first-order valence-corrected chi connectivity index (χ1v) is 5.33. The predicted molar refractivity (Wildman–Crippen MR) is 53.9 cm³/mol. The first-order chi connectivity index (χ1) is 5.57. The van der Waals surface area contributed by atoms with Gasteiger partial charge in [0.2, 0.25) is 0 Å². The zero-order valence-corrected chi connectivity index (χ0v) is 8.93. The van der Waals surface area contributed by atoms with Crippen LogP contribution < -0.4 is 5.73 Å². The number of hydrogen-bond donors (Lipinski definition) is 1. The van der Waals surface area contributed by atoms with E-state index >= 15 is 0 Å². The quantitative estimate of drug-likeness (QED) is 0.690. The van der Waals surface area contributed by atoms with Gasteiger partial charge in [0.1, 0.15) is 0 Å². The summed E-state index contributed by atoms with van der Waals surface area (Å²) < 4.78 is 0. The van der Waals surface area contributed by atoms with Crippen molar-refractivity contribution in [3.63, 3.8) is 0 Å². The Bertz CT molecular complexity index is 142. The van der Waals surface area contributed by atoms with Gasteiger partial charge >= 0.3 is 0 Å². The molecular weight excluding hydrogens is 146 g/mol. The minimum Gasteiger partial charge on any atom is -0.328 e. The lowest BCUT2D eigenvalue weighted by atomic mass is 9.50. The number of rotatable bonds is 3. The molecule has 0 radical (unpaired) electrons. The van der Waals surface area contributed by atoms with Gasteiger partial charge in [0.05, 0.1) is 0 Å². The summed E-state index contributed by atoms with van der Waals surface area (Å²) >= 11 is 0. The third-order valence-electron chi connectivity index (χ3n) is 4.02. The van der Waals surface area contributed by atoms with E-state index in [-0.39, 0.29) is 0 Å². The van der Waals surface area contributed by atoms with E-state index in [2.05, 4.69) is 27.7 Å². The maximum Gasteiger partial charge on any atom is 0.00466 e. The van der Waals surface area contributed by atoms with Crippen LogP contribution in [0.4, 0.5) is 0 Å². The highest BCUT2D eigenvalue weighted by Crippen LogP contribution is 2.56. The lowest BCUT2D eigenvalue weighted by Crippen LogP contribution is -2.53. The van der Waals surface area contributed by atoms with E-state index < -0.39 is 0 Å². The molecule has 3 atom stereocenters. The number of nitrogens with two attached hydrogens (primary N) is 1. The van der Waals surface area contributed by atoms with Crippen molar-refractivity contribution in [2.45, 2.75) is 53.0 Å². The topological polar surface area (TPSA) is 26.0 Å². The third kappa shape index (κ3) is 1.28. The van der Waals surface area contributed by atoms with Crippen molar-refractivity contribution < 1.29 is 0 Å². The van der Waals surface area contributed by atoms with Crippen molar-refractivity contribution in [3.8, 4) is 0 Å².